The molecule has 5 nitrogen and oxygen atoms in total. The van der Waals surface area contributed by atoms with Gasteiger partial charge in [-0.1, -0.05) is 12.1 Å². The minimum atomic E-state index is -0.524. The molecule has 1 atom stereocenters. The van der Waals surface area contributed by atoms with E-state index in [1.807, 2.05) is 24.3 Å². The number of rotatable bonds is 6. The van der Waals surface area contributed by atoms with Gasteiger partial charge in [-0.2, -0.15) is 0 Å². The quantitative estimate of drug-likeness (QED) is 0.368. The standard InChI is InChI=1S/C14H18N4OS/c1-9(15)17-8-4-5-10(16)13(19)14-18-11-6-2-3-7-12(11)20-14/h2-3,6-7,10H,4-5,8,16H2,1H3,(H2,15,17)/t10-/m1/s1. The molecule has 106 valence electrons. The highest BCUT2D eigenvalue weighted by Crippen LogP contribution is 2.22. The van der Waals surface area contributed by atoms with Gasteiger partial charge in [-0.05, 0) is 31.9 Å². The van der Waals surface area contributed by atoms with Gasteiger partial charge in [-0.3, -0.25) is 9.79 Å². The zero-order chi connectivity index (χ0) is 14.5. The number of hydrogen-bond donors (Lipinski definition) is 2. The van der Waals surface area contributed by atoms with Gasteiger partial charge in [0.05, 0.1) is 22.1 Å². The highest BCUT2D eigenvalue weighted by molar-refractivity contribution is 7.20. The van der Waals surface area contributed by atoms with Crippen LogP contribution in [0.5, 0.6) is 0 Å². The van der Waals surface area contributed by atoms with Crippen LogP contribution in [0.15, 0.2) is 29.3 Å². The number of Topliss-reactive ketones (excluding diaryl/α,β-unsaturated/α-hetero) is 1. The van der Waals surface area contributed by atoms with E-state index in [-0.39, 0.29) is 5.78 Å². The molecule has 0 unspecified atom stereocenters. The smallest absolute Gasteiger partial charge is 0.208 e. The highest BCUT2D eigenvalue weighted by atomic mass is 32.1. The Hall–Kier alpha value is -1.79. The third-order valence-electron chi connectivity index (χ3n) is 2.88. The SMILES string of the molecule is CC(N)=NCCC[C@@H](N)C(=O)c1nc2ccccc2s1. The van der Waals surface area contributed by atoms with Crippen LogP contribution in [0.3, 0.4) is 0 Å². The molecule has 2 rings (SSSR count). The number of benzene rings is 1. The summed E-state index contributed by atoms with van der Waals surface area (Å²) in [6, 6.07) is 7.16. The summed E-state index contributed by atoms with van der Waals surface area (Å²) in [4.78, 5) is 20.6. The number of aliphatic imine (C=N–C) groups is 1. The van der Waals surface area contributed by atoms with Crippen molar-refractivity contribution in [2.45, 2.75) is 25.8 Å². The van der Waals surface area contributed by atoms with Gasteiger partial charge >= 0.3 is 0 Å². The summed E-state index contributed by atoms with van der Waals surface area (Å²) < 4.78 is 1.01. The first-order valence-electron chi connectivity index (χ1n) is 6.50. The molecule has 0 aliphatic heterocycles. The fourth-order valence-corrected chi connectivity index (χ4v) is 2.80. The molecule has 1 aromatic heterocycles. The first kappa shape index (κ1) is 14.6. The van der Waals surface area contributed by atoms with Crippen molar-refractivity contribution in [2.75, 3.05) is 6.54 Å². The van der Waals surface area contributed by atoms with Gasteiger partial charge in [0.25, 0.3) is 0 Å². The molecule has 0 aliphatic rings. The minimum Gasteiger partial charge on any atom is -0.388 e. The normalized spacial score (nSPS) is 13.6. The van der Waals surface area contributed by atoms with Crippen molar-refractivity contribution < 1.29 is 4.79 Å². The van der Waals surface area contributed by atoms with Crippen LogP contribution in [-0.2, 0) is 0 Å². The van der Waals surface area contributed by atoms with E-state index in [1.165, 1.54) is 11.3 Å². The molecular formula is C14H18N4OS. The summed E-state index contributed by atoms with van der Waals surface area (Å²) in [5, 5.41) is 0.484. The summed E-state index contributed by atoms with van der Waals surface area (Å²) in [6.07, 6.45) is 1.33. The minimum absolute atomic E-state index is 0.0975. The number of thiazole rings is 1. The van der Waals surface area contributed by atoms with Crippen molar-refractivity contribution >= 4 is 33.2 Å². The lowest BCUT2D eigenvalue weighted by atomic mass is 10.1. The Morgan fingerprint density at radius 2 is 2.20 bits per heavy atom. The summed E-state index contributed by atoms with van der Waals surface area (Å²) in [5.41, 5.74) is 12.2. The van der Waals surface area contributed by atoms with Gasteiger partial charge in [-0.15, -0.1) is 11.3 Å². The predicted octanol–water partition coefficient (Wildman–Crippen LogP) is 1.96. The fraction of sp³-hybridized carbons (Fsp3) is 0.357. The Labute approximate surface area is 121 Å². The monoisotopic (exact) mass is 290 g/mol. The second-order valence-corrected chi connectivity index (χ2v) is 5.65. The Balaban J connectivity index is 1.97. The summed E-state index contributed by atoms with van der Waals surface area (Å²) in [5.74, 6) is 0.454. The van der Waals surface area contributed by atoms with Crippen LogP contribution in [0, 0.1) is 0 Å². The predicted molar refractivity (Wildman–Crippen MR) is 83.3 cm³/mol. The van der Waals surface area contributed by atoms with Crippen molar-refractivity contribution in [2.24, 2.45) is 16.5 Å². The number of nitrogens with two attached hydrogens (primary N) is 2. The van der Waals surface area contributed by atoms with Crippen LogP contribution in [0.1, 0.15) is 29.6 Å². The molecule has 0 amide bonds. The van der Waals surface area contributed by atoms with Crippen molar-refractivity contribution in [3.8, 4) is 0 Å². The lowest BCUT2D eigenvalue weighted by molar-refractivity contribution is 0.0956. The molecule has 1 aromatic carbocycles. The van der Waals surface area contributed by atoms with Crippen LogP contribution in [0.2, 0.25) is 0 Å². The maximum absolute atomic E-state index is 12.2. The molecular weight excluding hydrogens is 272 g/mol. The van der Waals surface area contributed by atoms with Crippen LogP contribution >= 0.6 is 11.3 Å². The second kappa shape index (κ2) is 6.58. The van der Waals surface area contributed by atoms with Gasteiger partial charge in [0, 0.05) is 6.54 Å². The van der Waals surface area contributed by atoms with E-state index < -0.39 is 6.04 Å². The molecule has 0 saturated heterocycles. The van der Waals surface area contributed by atoms with Crippen LogP contribution < -0.4 is 11.5 Å². The van der Waals surface area contributed by atoms with Gasteiger partial charge in [0.1, 0.15) is 0 Å². The van der Waals surface area contributed by atoms with E-state index in [9.17, 15) is 4.79 Å². The third-order valence-corrected chi connectivity index (χ3v) is 3.93. The maximum atomic E-state index is 12.2. The maximum Gasteiger partial charge on any atom is 0.208 e. The van der Waals surface area contributed by atoms with E-state index in [2.05, 4.69) is 9.98 Å². The molecule has 0 fully saturated rings. The lowest BCUT2D eigenvalue weighted by Crippen LogP contribution is -2.30. The third kappa shape index (κ3) is 3.61. The van der Waals surface area contributed by atoms with Crippen LogP contribution in [-0.4, -0.2) is 29.2 Å². The van der Waals surface area contributed by atoms with Crippen molar-refractivity contribution in [1.29, 1.82) is 0 Å². The number of ketones is 1. The molecule has 0 bridgehead atoms. The van der Waals surface area contributed by atoms with Gasteiger partial charge in [-0.25, -0.2) is 4.98 Å². The lowest BCUT2D eigenvalue weighted by Gasteiger charge is -2.07. The number of amidine groups is 1. The van der Waals surface area contributed by atoms with Crippen molar-refractivity contribution in [3.63, 3.8) is 0 Å². The molecule has 0 saturated carbocycles. The molecule has 20 heavy (non-hydrogen) atoms. The summed E-state index contributed by atoms with van der Waals surface area (Å²) in [7, 11) is 0. The number of carbonyl (C=O) groups is 1. The molecule has 2 aromatic rings. The van der Waals surface area contributed by atoms with E-state index in [0.29, 0.717) is 23.8 Å². The Morgan fingerprint density at radius 3 is 2.90 bits per heavy atom. The van der Waals surface area contributed by atoms with E-state index in [0.717, 1.165) is 16.6 Å². The number of hydrogen-bond acceptors (Lipinski definition) is 5. The second-order valence-electron chi connectivity index (χ2n) is 4.62. The molecule has 1 heterocycles. The molecule has 0 radical (unpaired) electrons. The molecule has 6 heteroatoms. The Kier molecular flexibility index (Phi) is 4.81. The molecule has 0 aliphatic carbocycles. The average Bonchev–Trinajstić information content (AvgIpc) is 2.86. The van der Waals surface area contributed by atoms with Crippen molar-refractivity contribution in [3.05, 3.63) is 29.3 Å². The van der Waals surface area contributed by atoms with Gasteiger partial charge in [0.15, 0.2) is 5.01 Å². The van der Waals surface area contributed by atoms with Gasteiger partial charge < -0.3 is 11.5 Å². The van der Waals surface area contributed by atoms with Crippen LogP contribution in [0.4, 0.5) is 0 Å². The first-order valence-corrected chi connectivity index (χ1v) is 7.31. The van der Waals surface area contributed by atoms with Crippen LogP contribution in [0.25, 0.3) is 10.2 Å². The number of nitrogens with zero attached hydrogens (tertiary/aromatic N) is 2. The van der Waals surface area contributed by atoms with Crippen molar-refractivity contribution in [1.82, 2.24) is 4.98 Å². The molecule has 0 spiro atoms. The summed E-state index contributed by atoms with van der Waals surface area (Å²) in [6.45, 7) is 2.34. The zero-order valence-electron chi connectivity index (χ0n) is 11.4. The van der Waals surface area contributed by atoms with E-state index in [1.54, 1.807) is 6.92 Å². The number of para-hydroxylation sites is 1. The van der Waals surface area contributed by atoms with E-state index >= 15 is 0 Å². The first-order chi connectivity index (χ1) is 9.58. The number of aromatic nitrogens is 1. The summed E-state index contributed by atoms with van der Waals surface area (Å²) >= 11 is 1.39. The Bertz CT molecular complexity index is 598. The molecule has 4 N–H and O–H groups in total. The Morgan fingerprint density at radius 1 is 1.45 bits per heavy atom. The highest BCUT2D eigenvalue weighted by Gasteiger charge is 2.19. The van der Waals surface area contributed by atoms with E-state index in [4.69, 9.17) is 11.5 Å². The number of fused-ring (bicyclic) bond motifs is 1. The topological polar surface area (TPSA) is 94.4 Å². The largest absolute Gasteiger partial charge is 0.388 e. The number of carbonyl (C=O) groups excluding carboxylic acids is 1. The fourth-order valence-electron chi connectivity index (χ4n) is 1.83. The average molecular weight is 290 g/mol. The zero-order valence-corrected chi connectivity index (χ0v) is 12.2. The van der Waals surface area contributed by atoms with Gasteiger partial charge in [0.2, 0.25) is 5.78 Å².